The second-order valence-corrected chi connectivity index (χ2v) is 2.54. The van der Waals surface area contributed by atoms with Crippen molar-refractivity contribution in [3.63, 3.8) is 0 Å². The summed E-state index contributed by atoms with van der Waals surface area (Å²) in [5.74, 6) is 0. The molecular weight excluding hydrogens is 162 g/mol. The van der Waals surface area contributed by atoms with Crippen molar-refractivity contribution in [2.24, 2.45) is 5.73 Å². The van der Waals surface area contributed by atoms with Crippen LogP contribution in [-0.2, 0) is 6.54 Å². The number of nitrogens with zero attached hydrogens (tertiary/aromatic N) is 2. The lowest BCUT2D eigenvalue weighted by Gasteiger charge is -2.00. The summed E-state index contributed by atoms with van der Waals surface area (Å²) in [6.45, 7) is 0.252. The molecule has 4 nitrogen and oxygen atoms in total. The Morgan fingerprint density at radius 2 is 2.55 bits per heavy atom. The van der Waals surface area contributed by atoms with Gasteiger partial charge in [-0.3, -0.25) is 9.36 Å². The van der Waals surface area contributed by atoms with Crippen molar-refractivity contribution in [3.05, 3.63) is 28.9 Å². The molecule has 0 unspecified atom stereocenters. The molecule has 1 heterocycles. The van der Waals surface area contributed by atoms with E-state index in [0.717, 1.165) is 0 Å². The molecule has 2 N–H and O–H groups in total. The van der Waals surface area contributed by atoms with Crippen LogP contribution < -0.4 is 11.3 Å². The van der Waals surface area contributed by atoms with Gasteiger partial charge < -0.3 is 5.73 Å². The fraction of sp³-hybridized carbons (Fsp3) is 0.167. The van der Waals surface area contributed by atoms with Gasteiger partial charge >= 0.3 is 0 Å². The molecule has 0 radical (unpaired) electrons. The molecular formula is C6H7N3OS. The van der Waals surface area contributed by atoms with Gasteiger partial charge in [-0.2, -0.15) is 0 Å². The third kappa shape index (κ3) is 2.12. The average Bonchev–Trinajstić information content (AvgIpc) is 1.93. The van der Waals surface area contributed by atoms with Gasteiger partial charge in [-0.1, -0.05) is 12.2 Å². The Kier molecular flexibility index (Phi) is 2.32. The molecule has 0 fully saturated rings. The fourth-order valence-electron chi connectivity index (χ4n) is 0.665. The maximum absolute atomic E-state index is 11.0. The van der Waals surface area contributed by atoms with Gasteiger partial charge in [0.2, 0.25) is 0 Å². The molecule has 1 rings (SSSR count). The van der Waals surface area contributed by atoms with Gasteiger partial charge in [0.1, 0.15) is 0 Å². The predicted octanol–water partition coefficient (Wildman–Crippen LogP) is -0.471. The first-order valence-corrected chi connectivity index (χ1v) is 3.40. The minimum atomic E-state index is -0.146. The zero-order chi connectivity index (χ0) is 8.27. The van der Waals surface area contributed by atoms with Gasteiger partial charge in [-0.25, -0.2) is 4.98 Å². The van der Waals surface area contributed by atoms with Crippen LogP contribution >= 0.6 is 12.2 Å². The van der Waals surface area contributed by atoms with Gasteiger partial charge in [0.25, 0.3) is 5.56 Å². The van der Waals surface area contributed by atoms with E-state index in [0.29, 0.717) is 0 Å². The highest BCUT2D eigenvalue weighted by Gasteiger charge is 1.94. The van der Waals surface area contributed by atoms with E-state index in [4.69, 9.17) is 5.73 Å². The van der Waals surface area contributed by atoms with E-state index < -0.39 is 0 Å². The monoisotopic (exact) mass is 169 g/mol. The molecule has 0 spiro atoms. The van der Waals surface area contributed by atoms with E-state index in [-0.39, 0.29) is 17.1 Å². The Hall–Kier alpha value is -1.23. The maximum Gasteiger partial charge on any atom is 0.253 e. The quantitative estimate of drug-likeness (QED) is 0.608. The fourth-order valence-corrected chi connectivity index (χ4v) is 0.804. The third-order valence-corrected chi connectivity index (χ3v) is 1.25. The van der Waals surface area contributed by atoms with Crippen molar-refractivity contribution in [2.75, 3.05) is 0 Å². The van der Waals surface area contributed by atoms with E-state index in [1.807, 2.05) is 0 Å². The lowest BCUT2D eigenvalue weighted by Crippen LogP contribution is -2.26. The summed E-state index contributed by atoms with van der Waals surface area (Å²) in [7, 11) is 0. The first-order chi connectivity index (χ1) is 5.20. The smallest absolute Gasteiger partial charge is 0.253 e. The summed E-state index contributed by atoms with van der Waals surface area (Å²) in [6.07, 6.45) is 2.83. The predicted molar refractivity (Wildman–Crippen MR) is 45.3 cm³/mol. The number of nitrogens with two attached hydrogens (primary N) is 1. The van der Waals surface area contributed by atoms with Gasteiger partial charge in [0, 0.05) is 12.3 Å². The third-order valence-electron chi connectivity index (χ3n) is 1.12. The molecule has 0 bridgehead atoms. The lowest BCUT2D eigenvalue weighted by molar-refractivity contribution is 0.779. The summed E-state index contributed by atoms with van der Waals surface area (Å²) in [5, 5.41) is 0. The molecule has 0 saturated heterocycles. The standard InChI is InChI=1S/C6H7N3OS/c7-5(11)3-9-4-8-2-1-6(9)10/h1-2,4H,3H2,(H2,7,11). The minimum absolute atomic E-state index is 0.146. The second kappa shape index (κ2) is 3.25. The molecule has 0 aliphatic carbocycles. The van der Waals surface area contributed by atoms with Crippen LogP contribution in [0.15, 0.2) is 23.4 Å². The number of hydrogen-bond acceptors (Lipinski definition) is 3. The first-order valence-electron chi connectivity index (χ1n) is 2.99. The highest BCUT2D eigenvalue weighted by molar-refractivity contribution is 7.80. The number of aromatic nitrogens is 2. The SMILES string of the molecule is NC(=S)Cn1cnccc1=O. The lowest BCUT2D eigenvalue weighted by atomic mass is 10.6. The first kappa shape index (κ1) is 7.87. The second-order valence-electron chi connectivity index (χ2n) is 2.01. The summed E-state index contributed by atoms with van der Waals surface area (Å²) in [5.41, 5.74) is 5.09. The Labute approximate surface area is 68.7 Å². The van der Waals surface area contributed by atoms with E-state index in [1.165, 1.54) is 23.2 Å². The van der Waals surface area contributed by atoms with Crippen LogP contribution in [0.25, 0.3) is 0 Å². The Bertz CT molecular complexity index is 320. The molecule has 0 aromatic carbocycles. The zero-order valence-corrected chi connectivity index (χ0v) is 6.54. The van der Waals surface area contributed by atoms with E-state index in [9.17, 15) is 4.79 Å². The molecule has 5 heteroatoms. The van der Waals surface area contributed by atoms with Crippen molar-refractivity contribution in [1.29, 1.82) is 0 Å². The number of hydrogen-bond donors (Lipinski definition) is 1. The zero-order valence-electron chi connectivity index (χ0n) is 5.73. The summed E-state index contributed by atoms with van der Waals surface area (Å²) >= 11 is 4.63. The van der Waals surface area contributed by atoms with Crippen molar-refractivity contribution >= 4 is 17.2 Å². The highest BCUT2D eigenvalue weighted by atomic mass is 32.1. The van der Waals surface area contributed by atoms with Crippen LogP contribution in [-0.4, -0.2) is 14.5 Å². The van der Waals surface area contributed by atoms with Crippen LogP contribution in [0.2, 0.25) is 0 Å². The van der Waals surface area contributed by atoms with Gasteiger partial charge in [-0.05, 0) is 0 Å². The Morgan fingerprint density at radius 1 is 1.82 bits per heavy atom. The van der Waals surface area contributed by atoms with Crippen molar-refractivity contribution in [2.45, 2.75) is 6.54 Å². The molecule has 0 aliphatic rings. The molecule has 1 aromatic heterocycles. The van der Waals surface area contributed by atoms with Crippen LogP contribution in [0.4, 0.5) is 0 Å². The number of thiocarbonyl (C=S) groups is 1. The number of rotatable bonds is 2. The Balaban J connectivity index is 2.95. The van der Waals surface area contributed by atoms with E-state index >= 15 is 0 Å². The molecule has 0 amide bonds. The summed E-state index contributed by atoms with van der Waals surface area (Å²) < 4.78 is 1.35. The molecule has 1 aromatic rings. The maximum atomic E-state index is 11.0. The van der Waals surface area contributed by atoms with Crippen molar-refractivity contribution in [1.82, 2.24) is 9.55 Å². The topological polar surface area (TPSA) is 60.9 Å². The van der Waals surface area contributed by atoms with Crippen molar-refractivity contribution in [3.8, 4) is 0 Å². The molecule has 11 heavy (non-hydrogen) atoms. The van der Waals surface area contributed by atoms with E-state index in [2.05, 4.69) is 17.2 Å². The van der Waals surface area contributed by atoms with Crippen LogP contribution in [0.3, 0.4) is 0 Å². The van der Waals surface area contributed by atoms with Gasteiger partial charge in [0.05, 0.1) is 17.9 Å². The average molecular weight is 169 g/mol. The highest BCUT2D eigenvalue weighted by Crippen LogP contribution is 1.77. The van der Waals surface area contributed by atoms with Crippen LogP contribution in [0.1, 0.15) is 0 Å². The Morgan fingerprint density at radius 3 is 3.09 bits per heavy atom. The minimum Gasteiger partial charge on any atom is -0.392 e. The van der Waals surface area contributed by atoms with Crippen LogP contribution in [0.5, 0.6) is 0 Å². The molecule has 58 valence electrons. The van der Waals surface area contributed by atoms with E-state index in [1.54, 1.807) is 0 Å². The largest absolute Gasteiger partial charge is 0.392 e. The summed E-state index contributed by atoms with van der Waals surface area (Å²) in [6, 6.07) is 1.36. The molecule has 0 aliphatic heterocycles. The molecule has 0 saturated carbocycles. The molecule has 0 atom stereocenters. The van der Waals surface area contributed by atoms with Gasteiger partial charge in [0.15, 0.2) is 0 Å². The summed E-state index contributed by atoms with van der Waals surface area (Å²) in [4.78, 5) is 15.0. The van der Waals surface area contributed by atoms with Crippen molar-refractivity contribution < 1.29 is 0 Å². The van der Waals surface area contributed by atoms with Gasteiger partial charge in [-0.15, -0.1) is 0 Å². The van der Waals surface area contributed by atoms with Crippen LogP contribution in [0, 0.1) is 0 Å². The normalized spacial score (nSPS) is 9.45.